The second-order valence-electron chi connectivity index (χ2n) is 7.31. The fourth-order valence-electron chi connectivity index (χ4n) is 3.68. The Labute approximate surface area is 186 Å². The quantitative estimate of drug-likeness (QED) is 0.266. The minimum Gasteiger partial charge on any atom is -0.507 e. The van der Waals surface area contributed by atoms with E-state index in [1.165, 1.54) is 19.1 Å². The Bertz CT molecular complexity index is 1010. The number of ether oxygens (including phenoxy) is 3. The fraction of sp³-hybridized carbons (Fsp3) is 0.333. The van der Waals surface area contributed by atoms with Gasteiger partial charge in [0.05, 0.1) is 45.7 Å². The third-order valence-electron chi connectivity index (χ3n) is 5.30. The Kier molecular flexibility index (Phi) is 7.50. The maximum Gasteiger partial charge on any atom is 0.295 e. The molecule has 0 saturated carbocycles. The fourth-order valence-corrected chi connectivity index (χ4v) is 3.68. The highest BCUT2D eigenvalue weighted by Crippen LogP contribution is 2.41. The Morgan fingerprint density at radius 2 is 1.69 bits per heavy atom. The zero-order valence-corrected chi connectivity index (χ0v) is 18.3. The highest BCUT2D eigenvalue weighted by atomic mass is 16.5. The van der Waals surface area contributed by atoms with Crippen molar-refractivity contribution in [1.29, 1.82) is 0 Å². The van der Waals surface area contributed by atoms with Crippen LogP contribution < -0.4 is 9.47 Å². The normalized spacial score (nSPS) is 17.6. The van der Waals surface area contributed by atoms with E-state index >= 15 is 0 Å². The van der Waals surface area contributed by atoms with E-state index in [0.717, 1.165) is 5.56 Å². The maximum atomic E-state index is 13.0. The largest absolute Gasteiger partial charge is 0.507 e. The zero-order chi connectivity index (χ0) is 23.3. The lowest BCUT2D eigenvalue weighted by molar-refractivity contribution is -0.140. The number of carbonyl (C=O) groups is 2. The molecule has 2 aromatic carbocycles. The Hall–Kier alpha value is -3.36. The molecule has 170 valence electrons. The summed E-state index contributed by atoms with van der Waals surface area (Å²) in [6.45, 7) is 2.12. The molecule has 1 aliphatic rings. The van der Waals surface area contributed by atoms with E-state index in [0.29, 0.717) is 22.6 Å². The van der Waals surface area contributed by atoms with Crippen molar-refractivity contribution in [2.45, 2.75) is 13.0 Å². The highest BCUT2D eigenvalue weighted by Gasteiger charge is 2.46. The van der Waals surface area contributed by atoms with E-state index in [1.54, 1.807) is 30.3 Å². The average molecular weight is 441 g/mol. The predicted octanol–water partition coefficient (Wildman–Crippen LogP) is 2.44. The third-order valence-corrected chi connectivity index (χ3v) is 5.30. The average Bonchev–Trinajstić information content (AvgIpc) is 3.06. The molecule has 1 saturated heterocycles. The standard InChI is InChI=1S/C24H27NO7/c1-15-4-6-16(7-5-15)22(27)20-21(17-8-9-18(30-2)19(14-17)31-3)25(24(29)23(20)28)10-12-32-13-11-26/h4-9,14,21,26-27H,10-13H2,1-3H3/b22-20+. The van der Waals surface area contributed by atoms with Gasteiger partial charge in [0.2, 0.25) is 0 Å². The van der Waals surface area contributed by atoms with Crippen LogP contribution in [0.5, 0.6) is 11.5 Å². The van der Waals surface area contributed by atoms with Gasteiger partial charge in [-0.2, -0.15) is 0 Å². The topological polar surface area (TPSA) is 106 Å². The van der Waals surface area contributed by atoms with Gasteiger partial charge in [-0.25, -0.2) is 0 Å². The van der Waals surface area contributed by atoms with Crippen molar-refractivity contribution in [1.82, 2.24) is 4.90 Å². The molecular formula is C24H27NO7. The summed E-state index contributed by atoms with van der Waals surface area (Å²) < 4.78 is 16.0. The summed E-state index contributed by atoms with van der Waals surface area (Å²) in [6, 6.07) is 11.3. The molecule has 8 heteroatoms. The summed E-state index contributed by atoms with van der Waals surface area (Å²) in [6.07, 6.45) is 0. The lowest BCUT2D eigenvalue weighted by Gasteiger charge is -2.26. The van der Waals surface area contributed by atoms with Gasteiger partial charge in [0.1, 0.15) is 5.76 Å². The molecule has 0 aromatic heterocycles. The summed E-state index contributed by atoms with van der Waals surface area (Å²) in [4.78, 5) is 27.3. The van der Waals surface area contributed by atoms with Crippen LogP contribution >= 0.6 is 0 Å². The number of likely N-dealkylation sites (tertiary alicyclic amines) is 1. The maximum absolute atomic E-state index is 13.0. The van der Waals surface area contributed by atoms with E-state index < -0.39 is 17.7 Å². The number of ketones is 1. The first-order valence-electron chi connectivity index (χ1n) is 10.2. The third kappa shape index (κ3) is 4.61. The lowest BCUT2D eigenvalue weighted by Crippen LogP contribution is -2.33. The van der Waals surface area contributed by atoms with Gasteiger partial charge in [0, 0.05) is 12.1 Å². The number of hydrogen-bond donors (Lipinski definition) is 2. The zero-order valence-electron chi connectivity index (χ0n) is 18.3. The van der Waals surface area contributed by atoms with Crippen molar-refractivity contribution >= 4 is 17.4 Å². The van der Waals surface area contributed by atoms with Crippen LogP contribution in [0, 0.1) is 6.92 Å². The number of hydrogen-bond acceptors (Lipinski definition) is 7. The number of rotatable bonds is 9. The summed E-state index contributed by atoms with van der Waals surface area (Å²) in [5.41, 5.74) is 2.01. The van der Waals surface area contributed by atoms with E-state index in [9.17, 15) is 14.7 Å². The molecule has 1 amide bonds. The van der Waals surface area contributed by atoms with Crippen molar-refractivity contribution in [2.75, 3.05) is 40.6 Å². The Morgan fingerprint density at radius 1 is 1.00 bits per heavy atom. The number of amides is 1. The molecule has 1 heterocycles. The van der Waals surface area contributed by atoms with E-state index in [-0.39, 0.29) is 37.7 Å². The molecule has 0 aliphatic carbocycles. The molecule has 1 aliphatic heterocycles. The van der Waals surface area contributed by atoms with Crippen molar-refractivity contribution in [3.63, 3.8) is 0 Å². The molecule has 1 unspecified atom stereocenters. The highest BCUT2D eigenvalue weighted by molar-refractivity contribution is 6.46. The van der Waals surface area contributed by atoms with Gasteiger partial charge in [-0.15, -0.1) is 0 Å². The number of carbonyl (C=O) groups excluding carboxylic acids is 2. The minimum atomic E-state index is -0.839. The number of Topliss-reactive ketones (excluding diaryl/α,β-unsaturated/α-hetero) is 1. The van der Waals surface area contributed by atoms with Gasteiger partial charge in [-0.05, 0) is 24.6 Å². The SMILES string of the molecule is COc1ccc(C2/C(=C(\O)c3ccc(C)cc3)C(=O)C(=O)N2CCOCCO)cc1OC. The molecule has 2 aromatic rings. The molecule has 1 atom stereocenters. The molecule has 2 N–H and O–H groups in total. The summed E-state index contributed by atoms with van der Waals surface area (Å²) in [5, 5.41) is 20.0. The number of benzene rings is 2. The van der Waals surface area contributed by atoms with Crippen LogP contribution in [-0.4, -0.2) is 67.4 Å². The molecule has 8 nitrogen and oxygen atoms in total. The molecule has 32 heavy (non-hydrogen) atoms. The predicted molar refractivity (Wildman–Crippen MR) is 118 cm³/mol. The minimum absolute atomic E-state index is 0.00627. The van der Waals surface area contributed by atoms with Crippen LogP contribution in [-0.2, 0) is 14.3 Å². The number of nitrogens with zero attached hydrogens (tertiary/aromatic N) is 1. The number of methoxy groups -OCH3 is 2. The Balaban J connectivity index is 2.11. The number of aliphatic hydroxyl groups excluding tert-OH is 2. The number of aliphatic hydroxyl groups is 2. The van der Waals surface area contributed by atoms with Crippen LogP contribution in [0.4, 0.5) is 0 Å². The first-order chi connectivity index (χ1) is 15.4. The van der Waals surface area contributed by atoms with E-state index in [4.69, 9.17) is 19.3 Å². The smallest absolute Gasteiger partial charge is 0.295 e. The summed E-state index contributed by atoms with van der Waals surface area (Å²) in [5.74, 6) is -0.821. The first-order valence-corrected chi connectivity index (χ1v) is 10.2. The first kappa shape index (κ1) is 23.3. The van der Waals surface area contributed by atoms with E-state index in [1.807, 2.05) is 19.1 Å². The van der Waals surface area contributed by atoms with E-state index in [2.05, 4.69) is 0 Å². The van der Waals surface area contributed by atoms with Gasteiger partial charge >= 0.3 is 0 Å². The van der Waals surface area contributed by atoms with Crippen molar-refractivity contribution < 1.29 is 34.0 Å². The monoisotopic (exact) mass is 441 g/mol. The van der Waals surface area contributed by atoms with Crippen molar-refractivity contribution in [3.05, 3.63) is 64.7 Å². The van der Waals surface area contributed by atoms with Gasteiger partial charge in [0.15, 0.2) is 11.5 Å². The molecule has 0 radical (unpaired) electrons. The van der Waals surface area contributed by atoms with Crippen LogP contribution in [0.3, 0.4) is 0 Å². The van der Waals surface area contributed by atoms with Crippen LogP contribution in [0.25, 0.3) is 5.76 Å². The van der Waals surface area contributed by atoms with Crippen LogP contribution in [0.1, 0.15) is 22.7 Å². The summed E-state index contributed by atoms with van der Waals surface area (Å²) >= 11 is 0. The van der Waals surface area contributed by atoms with Gasteiger partial charge in [-0.3, -0.25) is 9.59 Å². The molecule has 3 rings (SSSR count). The molecule has 1 fully saturated rings. The van der Waals surface area contributed by atoms with Gasteiger partial charge in [0.25, 0.3) is 11.7 Å². The second-order valence-corrected chi connectivity index (χ2v) is 7.31. The molecule has 0 spiro atoms. The Morgan fingerprint density at radius 3 is 2.31 bits per heavy atom. The van der Waals surface area contributed by atoms with Crippen LogP contribution in [0.15, 0.2) is 48.0 Å². The van der Waals surface area contributed by atoms with Crippen molar-refractivity contribution in [2.24, 2.45) is 0 Å². The van der Waals surface area contributed by atoms with Gasteiger partial charge < -0.3 is 29.3 Å². The lowest BCUT2D eigenvalue weighted by atomic mass is 9.94. The summed E-state index contributed by atoms with van der Waals surface area (Å²) in [7, 11) is 3.01. The molecule has 0 bridgehead atoms. The number of aryl methyl sites for hydroxylation is 1. The van der Waals surface area contributed by atoms with Crippen molar-refractivity contribution in [3.8, 4) is 11.5 Å². The van der Waals surface area contributed by atoms with Gasteiger partial charge in [-0.1, -0.05) is 35.9 Å². The molecular weight excluding hydrogens is 414 g/mol. The second kappa shape index (κ2) is 10.3. The van der Waals surface area contributed by atoms with Crippen LogP contribution in [0.2, 0.25) is 0 Å².